The van der Waals surface area contributed by atoms with Gasteiger partial charge in [0.15, 0.2) is 0 Å². The van der Waals surface area contributed by atoms with Gasteiger partial charge in [0.2, 0.25) is 5.95 Å². The minimum absolute atomic E-state index is 0.211. The molecule has 3 heterocycles. The molecule has 2 N–H and O–H groups in total. The Bertz CT molecular complexity index is 1290. The number of rotatable bonds is 6. The van der Waals surface area contributed by atoms with Crippen molar-refractivity contribution >= 4 is 63.9 Å². The Hall–Kier alpha value is -2.52. The van der Waals surface area contributed by atoms with Crippen molar-refractivity contribution < 1.29 is 4.79 Å². The number of thioether (sulfide) groups is 1. The average molecular weight is 542 g/mol. The number of halogens is 2. The molecule has 1 saturated heterocycles. The third kappa shape index (κ3) is 4.87. The van der Waals surface area contributed by atoms with Gasteiger partial charge in [0, 0.05) is 43.8 Å². The summed E-state index contributed by atoms with van der Waals surface area (Å²) in [6.45, 7) is 4.09. The zero-order valence-corrected chi connectivity index (χ0v) is 22.0. The third-order valence-corrected chi connectivity index (χ3v) is 8.35. The lowest BCUT2D eigenvalue weighted by molar-refractivity contribution is 0.0985. The van der Waals surface area contributed by atoms with Crippen LogP contribution in [0.15, 0.2) is 47.6 Å². The van der Waals surface area contributed by atoms with Crippen LogP contribution in [-0.2, 0) is 6.42 Å². The van der Waals surface area contributed by atoms with E-state index >= 15 is 0 Å². The van der Waals surface area contributed by atoms with Gasteiger partial charge in [-0.2, -0.15) is 0 Å². The quantitative estimate of drug-likeness (QED) is 0.394. The van der Waals surface area contributed by atoms with Crippen LogP contribution in [0.1, 0.15) is 28.8 Å². The summed E-state index contributed by atoms with van der Waals surface area (Å²) in [6.07, 6.45) is 5.31. The Kier molecular flexibility index (Phi) is 6.69. The van der Waals surface area contributed by atoms with Crippen LogP contribution >= 0.6 is 35.0 Å². The zero-order chi connectivity index (χ0) is 24.6. The summed E-state index contributed by atoms with van der Waals surface area (Å²) in [5.74, 6) is 1.43. The number of hydrogen-bond acceptors (Lipinski definition) is 7. The number of nitrogens with zero attached hydrogens (tertiary/aromatic N) is 4. The first kappa shape index (κ1) is 23.9. The van der Waals surface area contributed by atoms with Crippen molar-refractivity contribution in [2.24, 2.45) is 5.92 Å². The molecule has 6 rings (SSSR count). The standard InChI is InChI=1S/C26H26Cl2N6OS/c27-20-2-1-3-21(28)23(20)34-15-36-24-19(25(34)35)14-30-26(32-24)31-18-6-7-22(33-10-8-29-9-11-33)17(13-18)12-16-4-5-16/h1-3,6-7,13-14,16,29H,4-5,8-12,15H2,(H,30,31,32). The molecule has 36 heavy (non-hydrogen) atoms. The van der Waals surface area contributed by atoms with Crippen LogP contribution in [0, 0.1) is 5.92 Å². The van der Waals surface area contributed by atoms with E-state index < -0.39 is 0 Å². The monoisotopic (exact) mass is 540 g/mol. The molecule has 3 aliphatic rings. The van der Waals surface area contributed by atoms with Gasteiger partial charge >= 0.3 is 0 Å². The molecule has 1 aromatic heterocycles. The van der Waals surface area contributed by atoms with Crippen molar-refractivity contribution in [3.63, 3.8) is 0 Å². The van der Waals surface area contributed by atoms with Gasteiger partial charge in [-0.25, -0.2) is 9.97 Å². The molecule has 0 spiro atoms. The number of nitrogens with one attached hydrogen (secondary N) is 2. The van der Waals surface area contributed by atoms with E-state index in [0.29, 0.717) is 38.1 Å². The molecular weight excluding hydrogens is 515 g/mol. The molecule has 2 fully saturated rings. The fourth-order valence-electron chi connectivity index (χ4n) is 4.73. The summed E-state index contributed by atoms with van der Waals surface area (Å²) >= 11 is 14.2. The molecule has 2 aliphatic heterocycles. The van der Waals surface area contributed by atoms with Gasteiger partial charge < -0.3 is 15.5 Å². The first-order chi connectivity index (χ1) is 17.6. The molecule has 1 amide bonds. The maximum Gasteiger partial charge on any atom is 0.263 e. The van der Waals surface area contributed by atoms with Crippen molar-refractivity contribution in [2.45, 2.75) is 24.3 Å². The number of fused-ring (bicyclic) bond motifs is 1. The van der Waals surface area contributed by atoms with Crippen molar-refractivity contribution in [3.05, 3.63) is 63.8 Å². The normalized spacial score (nSPS) is 17.8. The molecule has 7 nitrogen and oxygen atoms in total. The maximum absolute atomic E-state index is 13.2. The second-order valence-corrected chi connectivity index (χ2v) is 11.1. The summed E-state index contributed by atoms with van der Waals surface area (Å²) in [5.41, 5.74) is 4.62. The van der Waals surface area contributed by atoms with Crippen LogP contribution in [0.2, 0.25) is 10.0 Å². The van der Waals surface area contributed by atoms with Gasteiger partial charge in [0.25, 0.3) is 5.91 Å². The molecule has 0 atom stereocenters. The Morgan fingerprint density at radius 1 is 1.11 bits per heavy atom. The molecule has 10 heteroatoms. The van der Waals surface area contributed by atoms with E-state index in [1.807, 2.05) is 0 Å². The Labute approximate surface area is 224 Å². The molecular formula is C26H26Cl2N6OS. The minimum atomic E-state index is -0.211. The molecule has 2 aromatic carbocycles. The van der Waals surface area contributed by atoms with Crippen molar-refractivity contribution in [1.29, 1.82) is 0 Å². The van der Waals surface area contributed by atoms with E-state index in [4.69, 9.17) is 23.2 Å². The van der Waals surface area contributed by atoms with Gasteiger partial charge in [-0.15, -0.1) is 0 Å². The van der Waals surface area contributed by atoms with Gasteiger partial charge in [0.1, 0.15) is 5.03 Å². The van der Waals surface area contributed by atoms with Crippen LogP contribution in [0.25, 0.3) is 0 Å². The Balaban J connectivity index is 1.23. The van der Waals surface area contributed by atoms with Crippen molar-refractivity contribution in [1.82, 2.24) is 15.3 Å². The van der Waals surface area contributed by atoms with Gasteiger partial charge in [0.05, 0.1) is 27.2 Å². The Morgan fingerprint density at radius 3 is 2.64 bits per heavy atom. The summed E-state index contributed by atoms with van der Waals surface area (Å²) in [4.78, 5) is 26.4. The zero-order valence-electron chi connectivity index (χ0n) is 19.6. The molecule has 1 saturated carbocycles. The van der Waals surface area contributed by atoms with Gasteiger partial charge in [-0.1, -0.05) is 41.0 Å². The highest BCUT2D eigenvalue weighted by Gasteiger charge is 2.31. The van der Waals surface area contributed by atoms with E-state index in [1.165, 1.54) is 35.9 Å². The lowest BCUT2D eigenvalue weighted by Crippen LogP contribution is -2.43. The summed E-state index contributed by atoms with van der Waals surface area (Å²) in [7, 11) is 0. The highest BCUT2D eigenvalue weighted by molar-refractivity contribution is 7.99. The van der Waals surface area contributed by atoms with Gasteiger partial charge in [-0.3, -0.25) is 9.69 Å². The second kappa shape index (κ2) is 10.1. The maximum atomic E-state index is 13.2. The van der Waals surface area contributed by atoms with Crippen LogP contribution in [0.3, 0.4) is 0 Å². The SMILES string of the molecule is O=C1c2cnc(Nc3ccc(N4CCNCC4)c(CC4CC4)c3)nc2SCN1c1c(Cl)cccc1Cl. The van der Waals surface area contributed by atoms with E-state index in [2.05, 4.69) is 43.7 Å². The number of amides is 1. The van der Waals surface area contributed by atoms with Gasteiger partial charge in [-0.05, 0) is 61.1 Å². The molecule has 186 valence electrons. The number of carbonyl (C=O) groups is 1. The summed E-state index contributed by atoms with van der Waals surface area (Å²) in [5, 5.41) is 8.31. The van der Waals surface area contributed by atoms with E-state index in [9.17, 15) is 4.79 Å². The van der Waals surface area contributed by atoms with Crippen molar-refractivity contribution in [2.75, 3.05) is 47.2 Å². The lowest BCUT2D eigenvalue weighted by Gasteiger charge is -2.31. The van der Waals surface area contributed by atoms with E-state index in [0.717, 1.165) is 44.2 Å². The van der Waals surface area contributed by atoms with Crippen LogP contribution in [-0.4, -0.2) is 47.9 Å². The largest absolute Gasteiger partial charge is 0.369 e. The molecule has 3 aromatic rings. The van der Waals surface area contributed by atoms with Crippen molar-refractivity contribution in [3.8, 4) is 0 Å². The number of aromatic nitrogens is 2. The molecule has 1 aliphatic carbocycles. The number of hydrogen-bond donors (Lipinski definition) is 2. The number of piperazine rings is 1. The highest BCUT2D eigenvalue weighted by atomic mass is 35.5. The van der Waals surface area contributed by atoms with E-state index in [1.54, 1.807) is 29.3 Å². The number of para-hydroxylation sites is 1. The fourth-order valence-corrected chi connectivity index (χ4v) is 6.27. The predicted molar refractivity (Wildman–Crippen MR) is 147 cm³/mol. The Morgan fingerprint density at radius 2 is 1.89 bits per heavy atom. The van der Waals surface area contributed by atoms with Crippen LogP contribution < -0.4 is 20.4 Å². The molecule has 0 unspecified atom stereocenters. The fraction of sp³-hybridized carbons (Fsp3) is 0.346. The first-order valence-corrected chi connectivity index (χ1v) is 13.9. The number of benzene rings is 2. The third-order valence-electron chi connectivity index (χ3n) is 6.77. The van der Waals surface area contributed by atoms with E-state index in [-0.39, 0.29) is 5.91 Å². The summed E-state index contributed by atoms with van der Waals surface area (Å²) in [6, 6.07) is 11.8. The first-order valence-electron chi connectivity index (χ1n) is 12.2. The summed E-state index contributed by atoms with van der Waals surface area (Å²) < 4.78 is 0. The predicted octanol–water partition coefficient (Wildman–Crippen LogP) is 5.60. The minimum Gasteiger partial charge on any atom is -0.369 e. The topological polar surface area (TPSA) is 73.4 Å². The number of carbonyl (C=O) groups excluding carboxylic acids is 1. The highest BCUT2D eigenvalue weighted by Crippen LogP contribution is 2.40. The smallest absolute Gasteiger partial charge is 0.263 e. The van der Waals surface area contributed by atoms with Crippen LogP contribution in [0.5, 0.6) is 0 Å². The number of anilines is 4. The lowest BCUT2D eigenvalue weighted by atomic mass is 10.0. The van der Waals surface area contributed by atoms with Crippen LogP contribution in [0.4, 0.5) is 23.0 Å². The molecule has 0 radical (unpaired) electrons. The molecule has 0 bridgehead atoms. The average Bonchev–Trinajstić information content (AvgIpc) is 3.70. The second-order valence-electron chi connectivity index (χ2n) is 9.34.